The van der Waals surface area contributed by atoms with Crippen molar-refractivity contribution in [3.63, 3.8) is 0 Å². The monoisotopic (exact) mass is 320 g/mol. The Morgan fingerprint density at radius 3 is 2.35 bits per heavy atom. The van der Waals surface area contributed by atoms with E-state index in [4.69, 9.17) is 11.6 Å². The van der Waals surface area contributed by atoms with Crippen molar-refractivity contribution in [3.05, 3.63) is 27.6 Å². The Hall–Kier alpha value is -2.04. The highest BCUT2D eigenvalue weighted by molar-refractivity contribution is 6.68. The summed E-state index contributed by atoms with van der Waals surface area (Å²) in [6, 6.07) is 0. The van der Waals surface area contributed by atoms with E-state index < -0.39 is 45.6 Å². The van der Waals surface area contributed by atoms with Crippen LogP contribution in [0.1, 0.15) is 22.5 Å². The van der Waals surface area contributed by atoms with Gasteiger partial charge in [0.25, 0.3) is 11.7 Å². The van der Waals surface area contributed by atoms with E-state index >= 15 is 0 Å². The number of hydrogen-bond donors (Lipinski definition) is 0. The second-order valence-corrected chi connectivity index (χ2v) is 3.45. The van der Waals surface area contributed by atoms with Crippen LogP contribution in [0, 0.1) is 10.1 Å². The van der Waals surface area contributed by atoms with Crippen molar-refractivity contribution >= 4 is 22.5 Å². The molecular formula is C8H2ClF5N2O4. The van der Waals surface area contributed by atoms with Crippen LogP contribution in [0.3, 0.4) is 0 Å². The van der Waals surface area contributed by atoms with Gasteiger partial charge < -0.3 is 4.74 Å². The topological polar surface area (TPSA) is 82.3 Å². The summed E-state index contributed by atoms with van der Waals surface area (Å²) in [7, 11) is 0. The summed E-state index contributed by atoms with van der Waals surface area (Å²) < 4.78 is 64.5. The zero-order valence-corrected chi connectivity index (χ0v) is 9.71. The standard InChI is InChI=1S/C8H2ClF5N2O4/c9-6(17)3-4(7(10)11)15-1-2(5(3)16(18)19)20-8(12,13)14/h1,7H. The van der Waals surface area contributed by atoms with E-state index in [1.165, 1.54) is 0 Å². The molecule has 1 aromatic rings. The molecule has 0 amide bonds. The number of carbonyl (C=O) groups is 1. The molecule has 0 aliphatic heterocycles. The quantitative estimate of drug-likeness (QED) is 0.368. The van der Waals surface area contributed by atoms with Crippen LogP contribution in [0.25, 0.3) is 0 Å². The molecule has 0 bridgehead atoms. The average molecular weight is 321 g/mol. The Morgan fingerprint density at radius 2 is 2.00 bits per heavy atom. The van der Waals surface area contributed by atoms with E-state index in [0.717, 1.165) is 0 Å². The molecule has 1 heterocycles. The minimum absolute atomic E-state index is 0.0659. The highest BCUT2D eigenvalue weighted by Crippen LogP contribution is 2.38. The minimum atomic E-state index is -5.34. The van der Waals surface area contributed by atoms with Crippen LogP contribution in [0.4, 0.5) is 27.6 Å². The third-order valence-electron chi connectivity index (χ3n) is 1.86. The molecule has 0 saturated heterocycles. The molecule has 0 aliphatic carbocycles. The van der Waals surface area contributed by atoms with Crippen molar-refractivity contribution in [3.8, 4) is 5.75 Å². The van der Waals surface area contributed by atoms with E-state index in [2.05, 4.69) is 9.72 Å². The van der Waals surface area contributed by atoms with Crippen molar-refractivity contribution in [2.45, 2.75) is 12.8 Å². The molecule has 110 valence electrons. The summed E-state index contributed by atoms with van der Waals surface area (Å²) in [6.07, 6.45) is -8.73. The molecule has 6 nitrogen and oxygen atoms in total. The highest BCUT2D eigenvalue weighted by atomic mass is 35.5. The predicted molar refractivity (Wildman–Crippen MR) is 52.7 cm³/mol. The summed E-state index contributed by atoms with van der Waals surface area (Å²) in [4.78, 5) is 23.0. The number of pyridine rings is 1. The van der Waals surface area contributed by atoms with E-state index in [9.17, 15) is 36.9 Å². The minimum Gasteiger partial charge on any atom is -0.397 e. The maximum absolute atomic E-state index is 12.5. The lowest BCUT2D eigenvalue weighted by molar-refractivity contribution is -0.389. The second kappa shape index (κ2) is 5.53. The van der Waals surface area contributed by atoms with Crippen molar-refractivity contribution in [2.75, 3.05) is 0 Å². The molecule has 0 atom stereocenters. The highest BCUT2D eigenvalue weighted by Gasteiger charge is 2.39. The van der Waals surface area contributed by atoms with Gasteiger partial charge in [0.2, 0.25) is 5.75 Å². The fourth-order valence-corrected chi connectivity index (χ4v) is 1.42. The number of hydrogen-bond acceptors (Lipinski definition) is 5. The van der Waals surface area contributed by atoms with Gasteiger partial charge in [-0.2, -0.15) is 0 Å². The van der Waals surface area contributed by atoms with Gasteiger partial charge in [0.05, 0.1) is 11.1 Å². The molecular weight excluding hydrogens is 319 g/mol. The summed E-state index contributed by atoms with van der Waals surface area (Å²) in [6.45, 7) is 0. The number of halogens is 6. The zero-order chi connectivity index (χ0) is 15.7. The molecule has 20 heavy (non-hydrogen) atoms. The Morgan fingerprint density at radius 1 is 1.45 bits per heavy atom. The van der Waals surface area contributed by atoms with E-state index in [-0.39, 0.29) is 6.20 Å². The van der Waals surface area contributed by atoms with Gasteiger partial charge >= 0.3 is 12.0 Å². The van der Waals surface area contributed by atoms with Crippen molar-refractivity contribution in [2.24, 2.45) is 0 Å². The normalized spacial score (nSPS) is 11.6. The molecule has 0 saturated carbocycles. The fourth-order valence-electron chi connectivity index (χ4n) is 1.24. The summed E-state index contributed by atoms with van der Waals surface area (Å²) in [5.41, 5.74) is -4.49. The molecule has 0 aliphatic rings. The number of ether oxygens (including phenoxy) is 1. The van der Waals surface area contributed by atoms with E-state index in [0.29, 0.717) is 0 Å². The Balaban J connectivity index is 3.61. The van der Waals surface area contributed by atoms with Crippen molar-refractivity contribution in [1.29, 1.82) is 0 Å². The molecule has 0 N–H and O–H groups in total. The van der Waals surface area contributed by atoms with Crippen LogP contribution in [0.15, 0.2) is 6.20 Å². The van der Waals surface area contributed by atoms with Crippen LogP contribution >= 0.6 is 11.6 Å². The van der Waals surface area contributed by atoms with Gasteiger partial charge in [0.1, 0.15) is 11.3 Å². The van der Waals surface area contributed by atoms with Crippen LogP contribution in [0.2, 0.25) is 0 Å². The van der Waals surface area contributed by atoms with E-state index in [1.807, 2.05) is 0 Å². The lowest BCUT2D eigenvalue weighted by atomic mass is 10.1. The third kappa shape index (κ3) is 3.50. The van der Waals surface area contributed by atoms with Gasteiger partial charge in [-0.1, -0.05) is 0 Å². The maximum Gasteiger partial charge on any atom is 0.573 e. The molecule has 0 fully saturated rings. The summed E-state index contributed by atoms with van der Waals surface area (Å²) >= 11 is 4.89. The Labute approximate surface area is 111 Å². The van der Waals surface area contributed by atoms with Gasteiger partial charge in [-0.25, -0.2) is 8.78 Å². The lowest BCUT2D eigenvalue weighted by Crippen LogP contribution is -2.19. The average Bonchev–Trinajstić information content (AvgIpc) is 2.24. The fraction of sp³-hybridized carbons (Fsp3) is 0.250. The van der Waals surface area contributed by atoms with Crippen LogP contribution in [-0.2, 0) is 0 Å². The first-order chi connectivity index (χ1) is 9.04. The predicted octanol–water partition coefficient (Wildman–Crippen LogP) is 3.21. The van der Waals surface area contributed by atoms with Crippen LogP contribution in [-0.4, -0.2) is 21.5 Å². The molecule has 0 radical (unpaired) electrons. The zero-order valence-electron chi connectivity index (χ0n) is 8.95. The maximum atomic E-state index is 12.5. The Bertz CT molecular complexity index is 563. The van der Waals surface area contributed by atoms with Gasteiger partial charge in [0.15, 0.2) is 0 Å². The first-order valence-electron chi connectivity index (χ1n) is 4.45. The smallest absolute Gasteiger partial charge is 0.397 e. The van der Waals surface area contributed by atoms with Gasteiger partial charge in [-0.3, -0.25) is 19.9 Å². The number of nitro groups is 1. The molecule has 0 unspecified atom stereocenters. The van der Waals surface area contributed by atoms with Crippen molar-refractivity contribution in [1.82, 2.24) is 4.98 Å². The van der Waals surface area contributed by atoms with E-state index in [1.54, 1.807) is 0 Å². The molecule has 0 aromatic carbocycles. The first-order valence-corrected chi connectivity index (χ1v) is 4.83. The summed E-state index contributed by atoms with van der Waals surface area (Å²) in [5.74, 6) is -1.52. The molecule has 12 heteroatoms. The van der Waals surface area contributed by atoms with Crippen LogP contribution in [0.5, 0.6) is 5.75 Å². The van der Waals surface area contributed by atoms with Gasteiger partial charge in [-0.05, 0) is 11.6 Å². The molecule has 0 spiro atoms. The Kier molecular flexibility index (Phi) is 4.43. The van der Waals surface area contributed by atoms with Gasteiger partial charge in [0, 0.05) is 0 Å². The number of nitrogens with zero attached hydrogens (tertiary/aromatic N) is 2. The molecule has 1 aromatic heterocycles. The lowest BCUT2D eigenvalue weighted by Gasteiger charge is -2.11. The van der Waals surface area contributed by atoms with Crippen molar-refractivity contribution < 1.29 is 36.4 Å². The van der Waals surface area contributed by atoms with Gasteiger partial charge in [-0.15, -0.1) is 13.2 Å². The summed E-state index contributed by atoms with van der Waals surface area (Å²) in [5, 5.41) is 8.93. The van der Waals surface area contributed by atoms with Crippen LogP contribution < -0.4 is 4.74 Å². The third-order valence-corrected chi connectivity index (χ3v) is 2.05. The largest absolute Gasteiger partial charge is 0.573 e. The number of carbonyl (C=O) groups excluding carboxylic acids is 1. The number of alkyl halides is 5. The number of aromatic nitrogens is 1. The first kappa shape index (κ1) is 16.0. The SMILES string of the molecule is O=C(Cl)c1c(C(F)F)ncc(OC(F)(F)F)c1[N+](=O)[O-]. The number of rotatable bonds is 4. The molecule has 1 rings (SSSR count). The second-order valence-electron chi connectivity index (χ2n) is 3.11.